The van der Waals surface area contributed by atoms with Gasteiger partial charge in [-0.25, -0.2) is 0 Å². The van der Waals surface area contributed by atoms with Gasteiger partial charge in [-0.15, -0.1) is 0 Å². The molecule has 0 aromatic carbocycles. The van der Waals surface area contributed by atoms with Crippen LogP contribution in [0.3, 0.4) is 0 Å². The highest BCUT2D eigenvalue weighted by Crippen LogP contribution is 2.07. The van der Waals surface area contributed by atoms with Crippen LogP contribution in [0, 0.1) is 0 Å². The van der Waals surface area contributed by atoms with E-state index in [0.29, 0.717) is 0 Å². The summed E-state index contributed by atoms with van der Waals surface area (Å²) in [4.78, 5) is 0. The van der Waals surface area contributed by atoms with Gasteiger partial charge in [0.1, 0.15) is 0 Å². The van der Waals surface area contributed by atoms with E-state index in [2.05, 4.69) is 21.2 Å². The number of halogens is 1. The number of rotatable bonds is 6. The minimum atomic E-state index is -0.852. The molecule has 0 saturated heterocycles. The molecule has 1 atom stereocenters. The van der Waals surface area contributed by atoms with E-state index in [1.54, 1.807) is 0 Å². The summed E-state index contributed by atoms with van der Waals surface area (Å²) in [7, 11) is 0. The van der Waals surface area contributed by atoms with Crippen molar-refractivity contribution in [3.05, 3.63) is 0 Å². The van der Waals surface area contributed by atoms with Gasteiger partial charge in [0.25, 0.3) is 0 Å². The highest BCUT2D eigenvalue weighted by Gasteiger charge is 2.15. The van der Waals surface area contributed by atoms with E-state index in [9.17, 15) is 5.11 Å². The van der Waals surface area contributed by atoms with Crippen molar-refractivity contribution in [1.82, 2.24) is 5.32 Å². The summed E-state index contributed by atoms with van der Waals surface area (Å²) in [6, 6.07) is 0. The Bertz CT molecular complexity index is 125. The topological polar surface area (TPSA) is 41.5 Å². The number of ether oxygens (including phenoxy) is 1. The Balaban J connectivity index is 3.35. The third-order valence-corrected chi connectivity index (χ3v) is 1.91. The quantitative estimate of drug-likeness (QED) is 0.432. The molecule has 0 aliphatic rings. The highest BCUT2D eigenvalue weighted by atomic mass is 79.9. The number of hydrogen-bond donors (Lipinski definition) is 2. The molecule has 3 nitrogen and oxygen atoms in total. The SMILES string of the molecule is CC(C)(C)OC(O)NCCCCBr. The molecule has 0 aromatic heterocycles. The second-order valence-corrected chi connectivity index (χ2v) is 4.73. The van der Waals surface area contributed by atoms with Crippen molar-refractivity contribution < 1.29 is 9.84 Å². The lowest BCUT2D eigenvalue weighted by molar-refractivity contribution is -0.181. The van der Waals surface area contributed by atoms with Crippen LogP contribution < -0.4 is 5.32 Å². The van der Waals surface area contributed by atoms with Gasteiger partial charge in [0.15, 0.2) is 0 Å². The van der Waals surface area contributed by atoms with Crippen molar-refractivity contribution in [2.45, 2.75) is 45.6 Å². The summed E-state index contributed by atoms with van der Waals surface area (Å²) in [5.74, 6) is 0. The van der Waals surface area contributed by atoms with Crippen molar-refractivity contribution in [3.8, 4) is 0 Å². The monoisotopic (exact) mass is 253 g/mol. The molecule has 0 aliphatic carbocycles. The van der Waals surface area contributed by atoms with Gasteiger partial charge < -0.3 is 9.84 Å². The molecule has 0 saturated carbocycles. The fraction of sp³-hybridized carbons (Fsp3) is 1.00. The van der Waals surface area contributed by atoms with Gasteiger partial charge in [0.05, 0.1) is 5.60 Å². The largest absolute Gasteiger partial charge is 0.356 e. The van der Waals surface area contributed by atoms with E-state index >= 15 is 0 Å². The molecule has 0 aliphatic heterocycles. The van der Waals surface area contributed by atoms with Crippen LogP contribution in [0.25, 0.3) is 0 Å². The molecule has 0 fully saturated rings. The van der Waals surface area contributed by atoms with Crippen LogP contribution in [0.1, 0.15) is 33.6 Å². The van der Waals surface area contributed by atoms with Crippen molar-refractivity contribution in [2.24, 2.45) is 0 Å². The smallest absolute Gasteiger partial charge is 0.214 e. The maximum atomic E-state index is 9.34. The van der Waals surface area contributed by atoms with Crippen LogP contribution in [0.2, 0.25) is 0 Å². The zero-order valence-electron chi connectivity index (χ0n) is 8.64. The normalized spacial score (nSPS) is 14.5. The summed E-state index contributed by atoms with van der Waals surface area (Å²) in [6.45, 7) is 6.52. The molecule has 80 valence electrons. The van der Waals surface area contributed by atoms with Crippen molar-refractivity contribution in [3.63, 3.8) is 0 Å². The summed E-state index contributed by atoms with van der Waals surface area (Å²) in [5.41, 5.74) is -0.304. The van der Waals surface area contributed by atoms with E-state index < -0.39 is 6.41 Å². The number of alkyl halides is 1. The van der Waals surface area contributed by atoms with Gasteiger partial charge in [-0.1, -0.05) is 15.9 Å². The number of aliphatic hydroxyl groups is 1. The number of nitrogens with one attached hydrogen (secondary N) is 1. The Hall–Kier alpha value is 0.360. The van der Waals surface area contributed by atoms with Gasteiger partial charge in [0, 0.05) is 5.33 Å². The molecule has 0 amide bonds. The molecule has 13 heavy (non-hydrogen) atoms. The second kappa shape index (κ2) is 6.76. The van der Waals surface area contributed by atoms with E-state index in [1.807, 2.05) is 20.8 Å². The molecule has 4 heteroatoms. The molecule has 0 heterocycles. The van der Waals surface area contributed by atoms with Gasteiger partial charge in [-0.2, -0.15) is 0 Å². The van der Waals surface area contributed by atoms with Crippen LogP contribution in [0.4, 0.5) is 0 Å². The zero-order valence-corrected chi connectivity index (χ0v) is 10.2. The summed E-state index contributed by atoms with van der Waals surface area (Å²) in [5, 5.41) is 13.2. The standard InChI is InChI=1S/C9H20BrNO2/c1-9(2,3)13-8(12)11-7-5-4-6-10/h8,11-12H,4-7H2,1-3H3. The number of unbranched alkanes of at least 4 members (excludes halogenated alkanes) is 1. The minimum absolute atomic E-state index is 0.304. The molecule has 1 unspecified atom stereocenters. The van der Waals surface area contributed by atoms with Crippen molar-refractivity contribution in [1.29, 1.82) is 0 Å². The average Bonchev–Trinajstić information content (AvgIpc) is 1.94. The van der Waals surface area contributed by atoms with E-state index in [1.165, 1.54) is 0 Å². The first kappa shape index (κ1) is 13.4. The Kier molecular flexibility index (Phi) is 6.95. The lowest BCUT2D eigenvalue weighted by Crippen LogP contribution is -2.38. The highest BCUT2D eigenvalue weighted by molar-refractivity contribution is 9.09. The van der Waals surface area contributed by atoms with Crippen LogP contribution in [-0.2, 0) is 4.74 Å². The third kappa shape index (κ3) is 10.3. The maximum Gasteiger partial charge on any atom is 0.214 e. The summed E-state index contributed by atoms with van der Waals surface area (Å²) < 4.78 is 5.25. The predicted molar refractivity (Wildman–Crippen MR) is 57.9 cm³/mol. The van der Waals surface area contributed by atoms with E-state index in [-0.39, 0.29) is 5.60 Å². The first-order chi connectivity index (χ1) is 5.95. The molecule has 2 N–H and O–H groups in total. The van der Waals surface area contributed by atoms with Gasteiger partial charge in [-0.3, -0.25) is 5.32 Å². The Morgan fingerprint density at radius 2 is 2.00 bits per heavy atom. The summed E-state index contributed by atoms with van der Waals surface area (Å²) >= 11 is 3.34. The van der Waals surface area contributed by atoms with Crippen LogP contribution in [-0.4, -0.2) is 29.0 Å². The van der Waals surface area contributed by atoms with E-state index in [0.717, 1.165) is 24.7 Å². The lowest BCUT2D eigenvalue weighted by Gasteiger charge is -2.24. The van der Waals surface area contributed by atoms with E-state index in [4.69, 9.17) is 4.74 Å². The fourth-order valence-electron chi connectivity index (χ4n) is 0.822. The van der Waals surface area contributed by atoms with Crippen molar-refractivity contribution in [2.75, 3.05) is 11.9 Å². The first-order valence-electron chi connectivity index (χ1n) is 4.61. The fourth-order valence-corrected chi connectivity index (χ4v) is 1.22. The predicted octanol–water partition coefficient (Wildman–Crippen LogP) is 1.84. The molecular weight excluding hydrogens is 234 g/mol. The Labute approximate surface area is 89.0 Å². The zero-order chi connectivity index (χ0) is 10.3. The number of hydrogen-bond acceptors (Lipinski definition) is 3. The van der Waals surface area contributed by atoms with Gasteiger partial charge in [-0.05, 0) is 40.2 Å². The molecule has 0 radical (unpaired) electrons. The average molecular weight is 254 g/mol. The van der Waals surface area contributed by atoms with Crippen LogP contribution in [0.5, 0.6) is 0 Å². The van der Waals surface area contributed by atoms with Crippen LogP contribution >= 0.6 is 15.9 Å². The molecular formula is C9H20BrNO2. The lowest BCUT2D eigenvalue weighted by atomic mass is 10.2. The number of aliphatic hydroxyl groups excluding tert-OH is 1. The minimum Gasteiger partial charge on any atom is -0.356 e. The van der Waals surface area contributed by atoms with Gasteiger partial charge >= 0.3 is 0 Å². The Morgan fingerprint density at radius 1 is 1.38 bits per heavy atom. The molecule has 0 spiro atoms. The summed E-state index contributed by atoms with van der Waals surface area (Å²) in [6.07, 6.45) is 1.29. The Morgan fingerprint density at radius 3 is 2.46 bits per heavy atom. The maximum absolute atomic E-state index is 9.34. The second-order valence-electron chi connectivity index (χ2n) is 3.93. The first-order valence-corrected chi connectivity index (χ1v) is 5.73. The van der Waals surface area contributed by atoms with Crippen molar-refractivity contribution >= 4 is 15.9 Å². The molecule has 0 rings (SSSR count). The third-order valence-electron chi connectivity index (χ3n) is 1.34. The van der Waals surface area contributed by atoms with Gasteiger partial charge in [0.2, 0.25) is 6.41 Å². The molecule has 0 bridgehead atoms. The van der Waals surface area contributed by atoms with Crippen LogP contribution in [0.15, 0.2) is 0 Å². The molecule has 0 aromatic rings.